The van der Waals surface area contributed by atoms with Crippen molar-refractivity contribution in [1.29, 1.82) is 0 Å². The van der Waals surface area contributed by atoms with Crippen molar-refractivity contribution in [2.24, 2.45) is 0 Å². The molecule has 0 amide bonds. The number of pyridine rings is 1. The predicted octanol–water partition coefficient (Wildman–Crippen LogP) is 5.56. The lowest BCUT2D eigenvalue weighted by atomic mass is 10.0. The molecule has 1 N–H and O–H groups in total. The fourth-order valence-corrected chi connectivity index (χ4v) is 2.95. The Morgan fingerprint density at radius 1 is 0.955 bits per heavy atom. The summed E-state index contributed by atoms with van der Waals surface area (Å²) < 4.78 is 0. The molecule has 3 aromatic rings. The van der Waals surface area contributed by atoms with Crippen LogP contribution < -0.4 is 0 Å². The lowest BCUT2D eigenvalue weighted by Gasteiger charge is -2.10. The summed E-state index contributed by atoms with van der Waals surface area (Å²) in [5.41, 5.74) is 1.38. The first-order valence-electron chi connectivity index (χ1n) is 6.24. The summed E-state index contributed by atoms with van der Waals surface area (Å²) in [6.07, 6.45) is 1.52. The molecule has 1 aromatic heterocycles. The van der Waals surface area contributed by atoms with Crippen molar-refractivity contribution in [2.75, 3.05) is 0 Å². The molecule has 0 saturated carbocycles. The van der Waals surface area contributed by atoms with E-state index in [0.29, 0.717) is 37.1 Å². The Bertz CT molecular complexity index is 909. The van der Waals surface area contributed by atoms with Crippen LogP contribution in [0.15, 0.2) is 42.6 Å². The summed E-state index contributed by atoms with van der Waals surface area (Å²) in [6.45, 7) is 0. The number of hydrogen-bond donors (Lipinski definition) is 1. The number of carboxylic acids is 1. The molecule has 0 aliphatic carbocycles. The minimum absolute atomic E-state index is 0.155. The molecule has 0 fully saturated rings. The number of benzene rings is 2. The monoisotopic (exact) mass is 351 g/mol. The summed E-state index contributed by atoms with van der Waals surface area (Å²) in [5, 5.41) is 11.9. The van der Waals surface area contributed by atoms with Gasteiger partial charge in [-0.15, -0.1) is 0 Å². The van der Waals surface area contributed by atoms with Gasteiger partial charge in [0.05, 0.1) is 21.3 Å². The van der Waals surface area contributed by atoms with E-state index < -0.39 is 5.97 Å². The topological polar surface area (TPSA) is 50.2 Å². The van der Waals surface area contributed by atoms with Crippen LogP contribution in [0.5, 0.6) is 0 Å². The second-order valence-corrected chi connectivity index (χ2v) is 5.90. The van der Waals surface area contributed by atoms with E-state index in [1.807, 2.05) is 0 Å². The Balaban J connectivity index is 2.35. The molecule has 1 heterocycles. The van der Waals surface area contributed by atoms with Crippen LogP contribution in [0, 0.1) is 0 Å². The highest BCUT2D eigenvalue weighted by Gasteiger charge is 2.14. The minimum Gasteiger partial charge on any atom is -0.478 e. The lowest BCUT2D eigenvalue weighted by Crippen LogP contribution is -1.97. The average Bonchev–Trinajstić information content (AvgIpc) is 2.48. The maximum absolute atomic E-state index is 11.2. The number of carboxylic acid groups (broad SMARTS) is 1. The molecule has 0 atom stereocenters. The highest BCUT2D eigenvalue weighted by atomic mass is 35.5. The summed E-state index contributed by atoms with van der Waals surface area (Å²) >= 11 is 18.3. The van der Waals surface area contributed by atoms with Crippen molar-refractivity contribution in [3.8, 4) is 11.3 Å². The number of halogens is 3. The van der Waals surface area contributed by atoms with Gasteiger partial charge in [0.2, 0.25) is 0 Å². The van der Waals surface area contributed by atoms with Crippen LogP contribution in [-0.4, -0.2) is 16.1 Å². The van der Waals surface area contributed by atoms with E-state index in [1.54, 1.807) is 24.3 Å². The largest absolute Gasteiger partial charge is 0.478 e. The van der Waals surface area contributed by atoms with Gasteiger partial charge in [-0.1, -0.05) is 40.9 Å². The molecule has 3 nitrogen and oxygen atoms in total. The molecular formula is C16H8Cl3NO2. The van der Waals surface area contributed by atoms with Crippen LogP contribution in [0.3, 0.4) is 0 Å². The molecule has 0 aliphatic heterocycles. The fraction of sp³-hybridized carbons (Fsp3) is 0. The van der Waals surface area contributed by atoms with Crippen molar-refractivity contribution in [3.05, 3.63) is 63.2 Å². The molecule has 0 saturated heterocycles. The number of nitrogens with zero attached hydrogens (tertiary/aromatic N) is 1. The van der Waals surface area contributed by atoms with Gasteiger partial charge in [-0.2, -0.15) is 0 Å². The van der Waals surface area contributed by atoms with Gasteiger partial charge >= 0.3 is 5.97 Å². The van der Waals surface area contributed by atoms with Crippen LogP contribution in [0.1, 0.15) is 10.4 Å². The Kier molecular flexibility index (Phi) is 3.96. The van der Waals surface area contributed by atoms with E-state index in [2.05, 4.69) is 4.98 Å². The number of aromatic nitrogens is 1. The predicted molar refractivity (Wildman–Crippen MR) is 89.2 cm³/mol. The third kappa shape index (κ3) is 2.63. The molecule has 0 unspecified atom stereocenters. The number of hydrogen-bond acceptors (Lipinski definition) is 2. The first-order valence-corrected chi connectivity index (χ1v) is 7.38. The van der Waals surface area contributed by atoms with E-state index >= 15 is 0 Å². The Hall–Kier alpha value is -1.81. The summed E-state index contributed by atoms with van der Waals surface area (Å²) in [7, 11) is 0. The molecule has 0 aliphatic rings. The number of fused-ring (bicyclic) bond motifs is 1. The van der Waals surface area contributed by atoms with Crippen molar-refractivity contribution >= 4 is 51.5 Å². The van der Waals surface area contributed by atoms with Gasteiger partial charge in [-0.05, 0) is 30.3 Å². The standard InChI is InChI=1S/C16H8Cl3NO2/c17-9-2-4-11(13(18)6-9)15-12-5-8(16(21)22)1-3-10(12)14(19)7-20-15/h1-7H,(H,21,22). The molecule has 0 spiro atoms. The quantitative estimate of drug-likeness (QED) is 0.657. The van der Waals surface area contributed by atoms with Crippen LogP contribution in [-0.2, 0) is 0 Å². The summed E-state index contributed by atoms with van der Waals surface area (Å²) in [4.78, 5) is 15.5. The maximum atomic E-state index is 11.2. The molecule has 0 radical (unpaired) electrons. The van der Waals surface area contributed by atoms with Gasteiger partial charge < -0.3 is 5.11 Å². The van der Waals surface area contributed by atoms with Gasteiger partial charge in [0.1, 0.15) is 0 Å². The zero-order valence-corrected chi connectivity index (χ0v) is 13.2. The highest BCUT2D eigenvalue weighted by molar-refractivity contribution is 6.37. The average molecular weight is 353 g/mol. The number of carbonyl (C=O) groups is 1. The van der Waals surface area contributed by atoms with Gasteiger partial charge in [0.15, 0.2) is 0 Å². The lowest BCUT2D eigenvalue weighted by molar-refractivity contribution is 0.0697. The second-order valence-electron chi connectivity index (χ2n) is 4.64. The molecule has 6 heteroatoms. The molecule has 0 bridgehead atoms. The number of aromatic carboxylic acids is 1. The molecular weight excluding hydrogens is 345 g/mol. The summed E-state index contributed by atoms with van der Waals surface area (Å²) in [6, 6.07) is 9.76. The Morgan fingerprint density at radius 3 is 2.41 bits per heavy atom. The minimum atomic E-state index is -1.02. The van der Waals surface area contributed by atoms with Crippen LogP contribution in [0.25, 0.3) is 22.0 Å². The van der Waals surface area contributed by atoms with Crippen LogP contribution in [0.2, 0.25) is 15.1 Å². The maximum Gasteiger partial charge on any atom is 0.335 e. The third-order valence-corrected chi connectivity index (χ3v) is 4.12. The van der Waals surface area contributed by atoms with E-state index in [4.69, 9.17) is 39.9 Å². The van der Waals surface area contributed by atoms with E-state index in [1.165, 1.54) is 18.3 Å². The van der Waals surface area contributed by atoms with E-state index in [9.17, 15) is 4.79 Å². The first kappa shape index (κ1) is 15.1. The van der Waals surface area contributed by atoms with E-state index in [0.717, 1.165) is 0 Å². The molecule has 110 valence electrons. The van der Waals surface area contributed by atoms with Crippen LogP contribution >= 0.6 is 34.8 Å². The Labute approximate surface area is 141 Å². The van der Waals surface area contributed by atoms with E-state index in [-0.39, 0.29) is 5.56 Å². The van der Waals surface area contributed by atoms with Crippen molar-refractivity contribution in [2.45, 2.75) is 0 Å². The normalized spacial score (nSPS) is 10.9. The first-order chi connectivity index (χ1) is 10.5. The van der Waals surface area contributed by atoms with Crippen molar-refractivity contribution in [3.63, 3.8) is 0 Å². The van der Waals surface area contributed by atoms with Crippen molar-refractivity contribution in [1.82, 2.24) is 4.98 Å². The molecule has 2 aromatic carbocycles. The van der Waals surface area contributed by atoms with Gasteiger partial charge in [0.25, 0.3) is 0 Å². The van der Waals surface area contributed by atoms with Gasteiger partial charge in [-0.3, -0.25) is 4.98 Å². The Morgan fingerprint density at radius 2 is 1.73 bits per heavy atom. The van der Waals surface area contributed by atoms with Crippen LogP contribution in [0.4, 0.5) is 0 Å². The van der Waals surface area contributed by atoms with Gasteiger partial charge in [0, 0.05) is 27.6 Å². The number of rotatable bonds is 2. The van der Waals surface area contributed by atoms with Gasteiger partial charge in [-0.25, -0.2) is 4.79 Å². The smallest absolute Gasteiger partial charge is 0.335 e. The zero-order valence-electron chi connectivity index (χ0n) is 11.0. The molecule has 3 rings (SSSR count). The highest BCUT2D eigenvalue weighted by Crippen LogP contribution is 2.36. The SMILES string of the molecule is O=C(O)c1ccc2c(Cl)cnc(-c3ccc(Cl)cc3Cl)c2c1. The zero-order chi connectivity index (χ0) is 15.9. The fourth-order valence-electron chi connectivity index (χ4n) is 2.24. The second kappa shape index (κ2) is 5.76. The molecule has 22 heavy (non-hydrogen) atoms. The summed E-state index contributed by atoms with van der Waals surface area (Å²) in [5.74, 6) is -1.02. The third-order valence-electron chi connectivity index (χ3n) is 3.27. The van der Waals surface area contributed by atoms with Crippen molar-refractivity contribution < 1.29 is 9.90 Å².